The van der Waals surface area contributed by atoms with E-state index in [1.165, 1.54) is 0 Å². The molecule has 2 N–H and O–H groups in total. The van der Waals surface area contributed by atoms with Crippen molar-refractivity contribution in [3.8, 4) is 0 Å². The van der Waals surface area contributed by atoms with E-state index in [9.17, 15) is 9.90 Å². The van der Waals surface area contributed by atoms with Gasteiger partial charge in [0.15, 0.2) is 0 Å². The predicted octanol–water partition coefficient (Wildman–Crippen LogP) is 1.35. The normalized spacial score (nSPS) is 28.7. The van der Waals surface area contributed by atoms with Crippen molar-refractivity contribution in [1.29, 1.82) is 0 Å². The van der Waals surface area contributed by atoms with Crippen molar-refractivity contribution in [3.63, 3.8) is 0 Å². The first-order valence-electron chi connectivity index (χ1n) is 4.47. The number of aliphatic carboxylic acids is 1. The molecule has 0 radical (unpaired) electrons. The number of rotatable bonds is 3. The minimum Gasteiger partial charge on any atom is -0.481 e. The summed E-state index contributed by atoms with van der Waals surface area (Å²) >= 11 is 1.81. The zero-order chi connectivity index (χ0) is 10.1. The van der Waals surface area contributed by atoms with Gasteiger partial charge in [-0.3, -0.25) is 4.79 Å². The number of carboxylic acid groups (broad SMARTS) is 1. The molecule has 0 aromatic heterocycles. The molecule has 1 saturated heterocycles. The largest absolute Gasteiger partial charge is 0.481 e. The van der Waals surface area contributed by atoms with Gasteiger partial charge in [0.1, 0.15) is 0 Å². The van der Waals surface area contributed by atoms with Gasteiger partial charge >= 0.3 is 5.97 Å². The summed E-state index contributed by atoms with van der Waals surface area (Å²) in [5, 5.41) is 18.2. The van der Waals surface area contributed by atoms with Crippen LogP contribution in [0.15, 0.2) is 0 Å². The first-order chi connectivity index (χ1) is 5.93. The molecule has 13 heavy (non-hydrogen) atoms. The summed E-state index contributed by atoms with van der Waals surface area (Å²) in [6, 6.07) is 0. The second-order valence-corrected chi connectivity index (χ2v) is 5.76. The fourth-order valence-corrected chi connectivity index (χ4v) is 3.27. The molecule has 0 bridgehead atoms. The summed E-state index contributed by atoms with van der Waals surface area (Å²) in [5.41, 5.74) is 0. The van der Waals surface area contributed by atoms with Gasteiger partial charge in [0.25, 0.3) is 0 Å². The maximum absolute atomic E-state index is 10.4. The number of thioether (sulfide) groups is 1. The van der Waals surface area contributed by atoms with Crippen LogP contribution in [0, 0.1) is 5.92 Å². The molecule has 1 unspecified atom stereocenters. The van der Waals surface area contributed by atoms with Crippen LogP contribution in [-0.4, -0.2) is 32.8 Å². The summed E-state index contributed by atoms with van der Waals surface area (Å²) in [5.74, 6) is 0.225. The van der Waals surface area contributed by atoms with E-state index in [0.29, 0.717) is 0 Å². The Labute approximate surface area is 82.5 Å². The van der Waals surface area contributed by atoms with Crippen LogP contribution >= 0.6 is 11.8 Å². The minimum atomic E-state index is -0.916. The lowest BCUT2D eigenvalue weighted by Crippen LogP contribution is -2.34. The number of aliphatic hydroxyl groups is 1. The number of aliphatic hydroxyl groups excluding tert-OH is 1. The molecule has 0 aromatic rings. The van der Waals surface area contributed by atoms with Crippen molar-refractivity contribution in [2.24, 2.45) is 5.92 Å². The van der Waals surface area contributed by atoms with E-state index in [1.807, 2.05) is 11.8 Å². The van der Waals surface area contributed by atoms with Gasteiger partial charge in [0.05, 0.1) is 12.5 Å². The zero-order valence-electron chi connectivity index (χ0n) is 7.99. The van der Waals surface area contributed by atoms with Gasteiger partial charge < -0.3 is 10.2 Å². The van der Waals surface area contributed by atoms with E-state index in [4.69, 9.17) is 5.11 Å². The van der Waals surface area contributed by atoms with Gasteiger partial charge in [-0.1, -0.05) is 13.8 Å². The Kier molecular flexibility index (Phi) is 3.24. The molecule has 1 heterocycles. The molecule has 0 amide bonds. The van der Waals surface area contributed by atoms with Gasteiger partial charge in [0.2, 0.25) is 0 Å². The summed E-state index contributed by atoms with van der Waals surface area (Å²) in [6.07, 6.45) is 0.100. The maximum Gasteiger partial charge on any atom is 0.305 e. The molecule has 0 saturated carbocycles. The summed E-state index contributed by atoms with van der Waals surface area (Å²) < 4.78 is 0.0227. The molecular weight excluding hydrogens is 188 g/mol. The second-order valence-electron chi connectivity index (χ2n) is 4.01. The van der Waals surface area contributed by atoms with Crippen LogP contribution < -0.4 is 0 Å². The lowest BCUT2D eigenvalue weighted by Gasteiger charge is -2.29. The predicted molar refractivity (Wildman–Crippen MR) is 52.9 cm³/mol. The third-order valence-electron chi connectivity index (χ3n) is 2.64. The van der Waals surface area contributed by atoms with Crippen molar-refractivity contribution < 1.29 is 15.0 Å². The van der Waals surface area contributed by atoms with Gasteiger partial charge in [-0.25, -0.2) is 0 Å². The minimum absolute atomic E-state index is 0.0227. The number of carbonyl (C=O) groups is 1. The first kappa shape index (κ1) is 10.9. The number of hydrogen-bond donors (Lipinski definition) is 2. The molecule has 1 rings (SSSR count). The number of carboxylic acids is 1. The van der Waals surface area contributed by atoms with Gasteiger partial charge in [-0.15, -0.1) is 0 Å². The third kappa shape index (κ3) is 2.61. The fourth-order valence-electron chi connectivity index (χ4n) is 1.88. The Hall–Kier alpha value is -0.220. The number of hydrogen-bond acceptors (Lipinski definition) is 3. The second kappa shape index (κ2) is 3.88. The Morgan fingerprint density at radius 3 is 2.69 bits per heavy atom. The zero-order valence-corrected chi connectivity index (χ0v) is 8.80. The molecular formula is C9H16O3S. The molecule has 1 fully saturated rings. The van der Waals surface area contributed by atoms with E-state index in [2.05, 4.69) is 13.8 Å². The highest BCUT2D eigenvalue weighted by Crippen LogP contribution is 2.44. The van der Waals surface area contributed by atoms with Crippen LogP contribution in [-0.2, 0) is 4.79 Å². The van der Waals surface area contributed by atoms with Gasteiger partial charge in [-0.05, 0) is 12.2 Å². The average molecular weight is 204 g/mol. The smallest absolute Gasteiger partial charge is 0.305 e. The van der Waals surface area contributed by atoms with Crippen LogP contribution in [0.2, 0.25) is 0 Å². The van der Waals surface area contributed by atoms with Crippen molar-refractivity contribution in [3.05, 3.63) is 0 Å². The summed E-state index contributed by atoms with van der Waals surface area (Å²) in [4.78, 5) is 10.4. The van der Waals surface area contributed by atoms with Crippen molar-refractivity contribution in [1.82, 2.24) is 0 Å². The van der Waals surface area contributed by atoms with Gasteiger partial charge in [0, 0.05) is 10.7 Å². The van der Waals surface area contributed by atoms with Crippen molar-refractivity contribution in [2.45, 2.75) is 37.5 Å². The molecule has 3 nitrogen and oxygen atoms in total. The van der Waals surface area contributed by atoms with Crippen LogP contribution in [0.3, 0.4) is 0 Å². The average Bonchev–Trinajstić information content (AvgIpc) is 2.27. The van der Waals surface area contributed by atoms with E-state index >= 15 is 0 Å². The quantitative estimate of drug-likeness (QED) is 0.728. The molecule has 1 aliphatic heterocycles. The Balaban J connectivity index is 2.55. The highest BCUT2D eigenvalue weighted by molar-refractivity contribution is 8.00. The first-order valence-corrected chi connectivity index (χ1v) is 5.46. The molecule has 4 heteroatoms. The van der Waals surface area contributed by atoms with Crippen LogP contribution in [0.25, 0.3) is 0 Å². The van der Waals surface area contributed by atoms with Crippen LogP contribution in [0.4, 0.5) is 0 Å². The van der Waals surface area contributed by atoms with Crippen LogP contribution in [0.5, 0.6) is 0 Å². The molecule has 0 aliphatic carbocycles. The van der Waals surface area contributed by atoms with E-state index in [-0.39, 0.29) is 17.1 Å². The Bertz CT molecular complexity index is 203. The Morgan fingerprint density at radius 2 is 2.31 bits per heavy atom. The Morgan fingerprint density at radius 1 is 1.69 bits per heavy atom. The van der Waals surface area contributed by atoms with E-state index in [1.54, 1.807) is 0 Å². The third-order valence-corrected chi connectivity index (χ3v) is 4.13. The maximum atomic E-state index is 10.4. The topological polar surface area (TPSA) is 57.5 Å². The standard InChI is InChI=1S/C9H16O3S/c1-9(2)6(3-4-13-9)7(10)5-8(11)12/h6-7,10H,3-5H2,1-2H3,(H,11,12)/t6?,7-/m1/s1. The lowest BCUT2D eigenvalue weighted by atomic mass is 9.86. The lowest BCUT2D eigenvalue weighted by molar-refractivity contribution is -0.140. The highest BCUT2D eigenvalue weighted by Gasteiger charge is 2.40. The molecule has 0 aromatic carbocycles. The van der Waals surface area contributed by atoms with Crippen molar-refractivity contribution >= 4 is 17.7 Å². The van der Waals surface area contributed by atoms with Crippen LogP contribution in [0.1, 0.15) is 26.7 Å². The van der Waals surface area contributed by atoms with Crippen molar-refractivity contribution in [2.75, 3.05) is 5.75 Å². The molecule has 1 aliphatic rings. The highest BCUT2D eigenvalue weighted by atomic mass is 32.2. The van der Waals surface area contributed by atoms with E-state index in [0.717, 1.165) is 12.2 Å². The van der Waals surface area contributed by atoms with Gasteiger partial charge in [-0.2, -0.15) is 11.8 Å². The SMILES string of the molecule is CC1(C)SCCC1[C@H](O)CC(=O)O. The summed E-state index contributed by atoms with van der Waals surface area (Å²) in [7, 11) is 0. The monoisotopic (exact) mass is 204 g/mol. The fraction of sp³-hybridized carbons (Fsp3) is 0.889. The van der Waals surface area contributed by atoms with E-state index < -0.39 is 12.1 Å². The molecule has 76 valence electrons. The molecule has 0 spiro atoms. The molecule has 2 atom stereocenters. The summed E-state index contributed by atoms with van der Waals surface area (Å²) in [6.45, 7) is 4.14.